The molecule has 0 fully saturated rings. The molecule has 0 aromatic rings. The summed E-state index contributed by atoms with van der Waals surface area (Å²) in [6.45, 7) is 4.64. The topological polar surface area (TPSA) is 92.5 Å². The zero-order chi connectivity index (χ0) is 21.8. The van der Waals surface area contributed by atoms with Gasteiger partial charge in [-0.2, -0.15) is 0 Å². The molecule has 28 heavy (non-hydrogen) atoms. The number of ether oxygens (including phenoxy) is 1. The number of hydrogen-bond acceptors (Lipinski definition) is 5. The minimum Gasteiger partial charge on any atom is -0.462 e. The Balaban J connectivity index is 0. The number of quaternary nitrogens is 1. The van der Waals surface area contributed by atoms with Crippen LogP contribution >= 0.6 is 0 Å². The number of carbonyl (C=O) groups is 1. The average Bonchev–Trinajstić information content (AvgIpc) is 2.57. The molecule has 7 nitrogen and oxygen atoms in total. The average molecular weight is 405 g/mol. The summed E-state index contributed by atoms with van der Waals surface area (Å²) in [5.74, 6) is -0.0342. The standard InChI is InChI=1S/C21H44NO2.NO3/c1-6-8-9-10-11-12-13-14-15-16-17-18-19-20(22(3,4)5)21(23)24-7-2;2-1(3)4/h20H,6-19H2,1-5H3;/q+1;-1. The van der Waals surface area contributed by atoms with E-state index in [-0.39, 0.29) is 12.0 Å². The van der Waals surface area contributed by atoms with E-state index in [4.69, 9.17) is 20.1 Å². The SMILES string of the molecule is CCCCCCCCCCCCCCC(C(=O)OCC)[N+](C)(C)C.O=[N+]([O-])[O-]. The van der Waals surface area contributed by atoms with Gasteiger partial charge in [-0.15, -0.1) is 0 Å². The normalized spacial score (nSPS) is 12.0. The minimum absolute atomic E-state index is 0.0203. The Bertz CT molecular complexity index is 379. The number of hydrogen-bond donors (Lipinski definition) is 0. The summed E-state index contributed by atoms with van der Waals surface area (Å²) in [7, 11) is 6.26. The molecule has 0 rings (SSSR count). The van der Waals surface area contributed by atoms with Gasteiger partial charge in [0.15, 0.2) is 6.04 Å². The van der Waals surface area contributed by atoms with Gasteiger partial charge in [0.25, 0.3) is 0 Å². The van der Waals surface area contributed by atoms with Gasteiger partial charge in [-0.25, -0.2) is 4.79 Å². The minimum atomic E-state index is -1.75. The summed E-state index contributed by atoms with van der Waals surface area (Å²) in [6.07, 6.45) is 17.2. The lowest BCUT2D eigenvalue weighted by Crippen LogP contribution is -2.50. The highest BCUT2D eigenvalue weighted by Gasteiger charge is 2.32. The first-order chi connectivity index (χ1) is 13.2. The van der Waals surface area contributed by atoms with E-state index in [0.717, 1.165) is 12.8 Å². The van der Waals surface area contributed by atoms with Gasteiger partial charge in [0.1, 0.15) is 0 Å². The maximum absolute atomic E-state index is 12.1. The summed E-state index contributed by atoms with van der Waals surface area (Å²) in [5.41, 5.74) is 0. The lowest BCUT2D eigenvalue weighted by Gasteiger charge is -2.32. The molecule has 0 aromatic heterocycles. The molecule has 0 aliphatic carbocycles. The molecule has 0 spiro atoms. The predicted molar refractivity (Wildman–Crippen MR) is 115 cm³/mol. The summed E-state index contributed by atoms with van der Waals surface area (Å²) < 4.78 is 5.90. The van der Waals surface area contributed by atoms with Gasteiger partial charge in [0.05, 0.1) is 32.8 Å². The van der Waals surface area contributed by atoms with E-state index in [1.807, 2.05) is 6.92 Å². The maximum Gasteiger partial charge on any atom is 0.364 e. The monoisotopic (exact) mass is 404 g/mol. The smallest absolute Gasteiger partial charge is 0.364 e. The van der Waals surface area contributed by atoms with Crippen molar-refractivity contribution in [3.8, 4) is 0 Å². The second-order valence-corrected chi connectivity index (χ2v) is 8.29. The van der Waals surface area contributed by atoms with Gasteiger partial charge >= 0.3 is 5.97 Å². The molecule has 0 amide bonds. The molecule has 0 aliphatic rings. The molecule has 0 saturated carbocycles. The third-order valence-corrected chi connectivity index (χ3v) is 4.82. The third kappa shape index (κ3) is 20.9. The van der Waals surface area contributed by atoms with Crippen molar-refractivity contribution in [2.45, 2.75) is 103 Å². The van der Waals surface area contributed by atoms with Crippen LogP contribution in [-0.4, -0.2) is 49.3 Å². The van der Waals surface area contributed by atoms with Gasteiger partial charge in [-0.3, -0.25) is 0 Å². The van der Waals surface area contributed by atoms with Crippen LogP contribution in [0.1, 0.15) is 97.3 Å². The van der Waals surface area contributed by atoms with E-state index in [2.05, 4.69) is 28.1 Å². The van der Waals surface area contributed by atoms with Crippen LogP contribution in [0.2, 0.25) is 0 Å². The molecular formula is C21H44N2O5. The fourth-order valence-corrected chi connectivity index (χ4v) is 3.24. The fourth-order valence-electron chi connectivity index (χ4n) is 3.24. The van der Waals surface area contributed by atoms with Gasteiger partial charge in [0, 0.05) is 6.42 Å². The molecule has 0 bridgehead atoms. The van der Waals surface area contributed by atoms with Gasteiger partial charge < -0.3 is 24.5 Å². The second kappa shape index (κ2) is 19.0. The quantitative estimate of drug-likeness (QED) is 0.112. The third-order valence-electron chi connectivity index (χ3n) is 4.82. The Morgan fingerprint density at radius 3 is 1.50 bits per heavy atom. The molecule has 168 valence electrons. The molecule has 1 atom stereocenters. The number of nitrogens with zero attached hydrogens (tertiary/aromatic N) is 2. The molecule has 0 radical (unpaired) electrons. The lowest BCUT2D eigenvalue weighted by atomic mass is 10.0. The highest BCUT2D eigenvalue weighted by atomic mass is 16.9. The Labute approximate surface area is 172 Å². The number of carbonyl (C=O) groups excluding carboxylic acids is 1. The van der Waals surface area contributed by atoms with Crippen molar-refractivity contribution < 1.29 is 19.1 Å². The van der Waals surface area contributed by atoms with Crippen LogP contribution in [0.3, 0.4) is 0 Å². The molecule has 7 heteroatoms. The number of esters is 1. The van der Waals surface area contributed by atoms with E-state index in [1.165, 1.54) is 70.6 Å². The zero-order valence-electron chi connectivity index (χ0n) is 18.9. The summed E-state index contributed by atoms with van der Waals surface area (Å²) >= 11 is 0. The van der Waals surface area contributed by atoms with Crippen molar-refractivity contribution in [2.75, 3.05) is 27.7 Å². The molecule has 0 heterocycles. The van der Waals surface area contributed by atoms with Crippen LogP contribution in [0.25, 0.3) is 0 Å². The molecule has 1 unspecified atom stereocenters. The second-order valence-electron chi connectivity index (χ2n) is 8.29. The Morgan fingerprint density at radius 1 is 0.821 bits per heavy atom. The molecule has 0 saturated heterocycles. The van der Waals surface area contributed by atoms with Crippen LogP contribution < -0.4 is 0 Å². The first-order valence-corrected chi connectivity index (χ1v) is 11.0. The number of unbranched alkanes of at least 4 members (excludes halogenated alkanes) is 11. The number of rotatable bonds is 16. The summed E-state index contributed by atoms with van der Waals surface area (Å²) in [5, 5.41) is 14.8. The molecule has 0 aliphatic heterocycles. The van der Waals surface area contributed by atoms with Crippen LogP contribution in [0.5, 0.6) is 0 Å². The van der Waals surface area contributed by atoms with E-state index in [0.29, 0.717) is 11.1 Å². The molecule has 0 aromatic carbocycles. The van der Waals surface area contributed by atoms with Crippen molar-refractivity contribution in [3.63, 3.8) is 0 Å². The fraction of sp³-hybridized carbons (Fsp3) is 0.952. The zero-order valence-corrected chi connectivity index (χ0v) is 18.9. The Hall–Kier alpha value is -1.37. The van der Waals surface area contributed by atoms with E-state index in [9.17, 15) is 4.79 Å². The maximum atomic E-state index is 12.1. The van der Waals surface area contributed by atoms with Crippen molar-refractivity contribution in [1.82, 2.24) is 0 Å². The first kappa shape index (κ1) is 28.8. The van der Waals surface area contributed by atoms with E-state index >= 15 is 0 Å². The van der Waals surface area contributed by atoms with Crippen molar-refractivity contribution in [3.05, 3.63) is 15.3 Å². The van der Waals surface area contributed by atoms with Crippen molar-refractivity contribution in [1.29, 1.82) is 0 Å². The summed E-state index contributed by atoms with van der Waals surface area (Å²) in [4.78, 5) is 20.3. The first-order valence-electron chi connectivity index (χ1n) is 11.0. The highest BCUT2D eigenvalue weighted by Crippen LogP contribution is 2.16. The lowest BCUT2D eigenvalue weighted by molar-refractivity contribution is -0.887. The molecular weight excluding hydrogens is 360 g/mol. The van der Waals surface area contributed by atoms with Gasteiger partial charge in [-0.05, 0) is 13.3 Å². The van der Waals surface area contributed by atoms with Crippen LogP contribution in [0.15, 0.2) is 0 Å². The summed E-state index contributed by atoms with van der Waals surface area (Å²) in [6, 6.07) is -0.0203. The van der Waals surface area contributed by atoms with Crippen LogP contribution in [0.4, 0.5) is 0 Å². The van der Waals surface area contributed by atoms with E-state index in [1.54, 1.807) is 0 Å². The van der Waals surface area contributed by atoms with Crippen LogP contribution in [-0.2, 0) is 9.53 Å². The van der Waals surface area contributed by atoms with Gasteiger partial charge in [-0.1, -0.05) is 77.6 Å². The van der Waals surface area contributed by atoms with E-state index < -0.39 is 5.09 Å². The molecule has 0 N–H and O–H groups in total. The highest BCUT2D eigenvalue weighted by molar-refractivity contribution is 5.74. The predicted octanol–water partition coefficient (Wildman–Crippen LogP) is 5.48. The number of likely N-dealkylation sites (N-methyl/N-ethyl adjacent to an activating group) is 1. The largest absolute Gasteiger partial charge is 0.462 e. The van der Waals surface area contributed by atoms with Crippen molar-refractivity contribution in [2.24, 2.45) is 0 Å². The van der Waals surface area contributed by atoms with Crippen molar-refractivity contribution >= 4 is 5.97 Å². The van der Waals surface area contributed by atoms with Gasteiger partial charge in [0.2, 0.25) is 0 Å². The van der Waals surface area contributed by atoms with Crippen LogP contribution in [0, 0.1) is 15.3 Å². The Morgan fingerprint density at radius 2 is 1.18 bits per heavy atom. The Kier molecular flexibility index (Phi) is 19.5.